The van der Waals surface area contributed by atoms with Crippen LogP contribution in [0, 0.1) is 5.92 Å². The maximum atomic E-state index is 11.6. The molecule has 1 aromatic carbocycles. The molecule has 2 rings (SSSR count). The van der Waals surface area contributed by atoms with Crippen LogP contribution in [0.15, 0.2) is 18.2 Å². The van der Waals surface area contributed by atoms with Crippen molar-refractivity contribution in [2.75, 3.05) is 7.11 Å². The van der Waals surface area contributed by atoms with E-state index in [1.165, 1.54) is 12.7 Å². The van der Waals surface area contributed by atoms with Gasteiger partial charge in [-0.3, -0.25) is 4.79 Å². The molecule has 0 amide bonds. The first kappa shape index (κ1) is 16.8. The number of aryl methyl sites for hydroxylation is 1. The molecule has 1 aliphatic rings. The number of benzene rings is 1. The molecule has 0 unspecified atom stereocenters. The minimum atomic E-state index is -0.853. The first-order valence-electron chi connectivity index (χ1n) is 7.80. The molecule has 0 bridgehead atoms. The third-order valence-electron chi connectivity index (χ3n) is 5.11. The molecule has 0 aromatic heterocycles. The van der Waals surface area contributed by atoms with Crippen LogP contribution in [-0.2, 0) is 21.4 Å². The van der Waals surface area contributed by atoms with E-state index in [4.69, 9.17) is 4.74 Å². The summed E-state index contributed by atoms with van der Waals surface area (Å²) >= 11 is 0. The van der Waals surface area contributed by atoms with Gasteiger partial charge in [-0.05, 0) is 67.7 Å². The van der Waals surface area contributed by atoms with Crippen LogP contribution in [0.1, 0.15) is 51.2 Å². The number of carbonyl (C=O) groups is 1. The Morgan fingerprint density at radius 1 is 1.45 bits per heavy atom. The standard InChI is InChI=1S/C18H26O4/c1-17(2,21)15-8-6-12-5-7-13(19)11-14(12)18(15,3)10-9-16(20)22-4/h5,7,11,15,19,21H,6,8-10H2,1-4H3/t15-,18+/m0/s1. The van der Waals surface area contributed by atoms with Gasteiger partial charge in [0.25, 0.3) is 0 Å². The first-order chi connectivity index (χ1) is 10.2. The van der Waals surface area contributed by atoms with Crippen molar-refractivity contribution in [1.82, 2.24) is 0 Å². The second kappa shape index (κ2) is 5.92. The van der Waals surface area contributed by atoms with Crippen LogP contribution in [0.25, 0.3) is 0 Å². The van der Waals surface area contributed by atoms with Crippen LogP contribution < -0.4 is 0 Å². The summed E-state index contributed by atoms with van der Waals surface area (Å²) in [4.78, 5) is 11.6. The molecule has 2 atom stereocenters. The minimum absolute atomic E-state index is 0.0129. The third kappa shape index (κ3) is 3.12. The number of ether oxygens (including phenoxy) is 1. The monoisotopic (exact) mass is 306 g/mol. The number of rotatable bonds is 4. The van der Waals surface area contributed by atoms with Gasteiger partial charge in [-0.2, -0.15) is 0 Å². The van der Waals surface area contributed by atoms with Gasteiger partial charge in [0.15, 0.2) is 0 Å². The zero-order valence-electron chi connectivity index (χ0n) is 13.8. The molecule has 1 aliphatic carbocycles. The summed E-state index contributed by atoms with van der Waals surface area (Å²) in [5, 5.41) is 20.5. The highest BCUT2D eigenvalue weighted by Crippen LogP contribution is 2.49. The molecule has 2 N–H and O–H groups in total. The molecule has 0 heterocycles. The van der Waals surface area contributed by atoms with Gasteiger partial charge in [0.2, 0.25) is 0 Å². The number of phenols is 1. The molecule has 0 radical (unpaired) electrons. The molecular formula is C18H26O4. The number of carbonyl (C=O) groups excluding carboxylic acids is 1. The number of phenolic OH excluding ortho intramolecular Hbond substituents is 1. The van der Waals surface area contributed by atoms with E-state index in [1.807, 2.05) is 19.9 Å². The predicted molar refractivity (Wildman–Crippen MR) is 84.8 cm³/mol. The van der Waals surface area contributed by atoms with E-state index < -0.39 is 5.60 Å². The number of hydrogen-bond donors (Lipinski definition) is 2. The van der Waals surface area contributed by atoms with Gasteiger partial charge in [0.1, 0.15) is 5.75 Å². The maximum absolute atomic E-state index is 11.6. The number of fused-ring (bicyclic) bond motifs is 1. The highest BCUT2D eigenvalue weighted by atomic mass is 16.5. The smallest absolute Gasteiger partial charge is 0.305 e. The Morgan fingerprint density at radius 3 is 2.73 bits per heavy atom. The van der Waals surface area contributed by atoms with E-state index >= 15 is 0 Å². The highest BCUT2D eigenvalue weighted by molar-refractivity contribution is 5.69. The van der Waals surface area contributed by atoms with Crippen LogP contribution in [0.5, 0.6) is 5.75 Å². The minimum Gasteiger partial charge on any atom is -0.508 e. The quantitative estimate of drug-likeness (QED) is 0.839. The molecule has 0 saturated heterocycles. The summed E-state index contributed by atoms with van der Waals surface area (Å²) in [6.45, 7) is 5.72. The molecule has 0 saturated carbocycles. The molecule has 122 valence electrons. The zero-order chi connectivity index (χ0) is 16.5. The lowest BCUT2D eigenvalue weighted by Gasteiger charge is -2.48. The topological polar surface area (TPSA) is 66.8 Å². The van der Waals surface area contributed by atoms with Gasteiger partial charge >= 0.3 is 5.97 Å². The number of aromatic hydroxyl groups is 1. The van der Waals surface area contributed by atoms with Gasteiger partial charge in [0, 0.05) is 6.42 Å². The Hall–Kier alpha value is -1.55. The fourth-order valence-corrected chi connectivity index (χ4v) is 4.03. The summed E-state index contributed by atoms with van der Waals surface area (Å²) in [5.74, 6) is -0.0126. The molecule has 4 heteroatoms. The van der Waals surface area contributed by atoms with Crippen LogP contribution in [0.3, 0.4) is 0 Å². The van der Waals surface area contributed by atoms with E-state index in [0.29, 0.717) is 12.8 Å². The predicted octanol–water partition coefficient (Wildman–Crippen LogP) is 2.94. The number of aliphatic hydroxyl groups is 1. The first-order valence-corrected chi connectivity index (χ1v) is 7.80. The molecule has 0 spiro atoms. The van der Waals surface area contributed by atoms with E-state index in [9.17, 15) is 15.0 Å². The summed E-state index contributed by atoms with van der Waals surface area (Å²) in [5.41, 5.74) is 0.993. The van der Waals surface area contributed by atoms with E-state index in [-0.39, 0.29) is 23.1 Å². The van der Waals surface area contributed by atoms with E-state index in [2.05, 4.69) is 6.92 Å². The molecule has 22 heavy (non-hydrogen) atoms. The van der Waals surface area contributed by atoms with Gasteiger partial charge in [-0.1, -0.05) is 13.0 Å². The van der Waals surface area contributed by atoms with E-state index in [1.54, 1.807) is 12.1 Å². The van der Waals surface area contributed by atoms with Gasteiger partial charge < -0.3 is 14.9 Å². The van der Waals surface area contributed by atoms with Gasteiger partial charge in [0.05, 0.1) is 12.7 Å². The van der Waals surface area contributed by atoms with Crippen LogP contribution in [0.2, 0.25) is 0 Å². The van der Waals surface area contributed by atoms with Crippen molar-refractivity contribution in [3.63, 3.8) is 0 Å². The largest absolute Gasteiger partial charge is 0.508 e. The van der Waals surface area contributed by atoms with Crippen molar-refractivity contribution in [2.45, 2.75) is 57.5 Å². The lowest BCUT2D eigenvalue weighted by molar-refractivity contribution is -0.141. The third-order valence-corrected chi connectivity index (χ3v) is 5.11. The average molecular weight is 306 g/mol. The van der Waals surface area contributed by atoms with Crippen molar-refractivity contribution in [3.8, 4) is 5.75 Å². The van der Waals surface area contributed by atoms with Crippen molar-refractivity contribution < 1.29 is 19.7 Å². The van der Waals surface area contributed by atoms with Crippen molar-refractivity contribution >= 4 is 5.97 Å². The summed E-state index contributed by atoms with van der Waals surface area (Å²) < 4.78 is 4.77. The number of methoxy groups -OCH3 is 1. The second-order valence-corrected chi connectivity index (χ2v) is 7.08. The number of esters is 1. The SMILES string of the molecule is COC(=O)CC[C@]1(C)c2cc(O)ccc2CC[C@H]1C(C)(C)O. The average Bonchev–Trinajstić information content (AvgIpc) is 2.44. The van der Waals surface area contributed by atoms with Gasteiger partial charge in [-0.15, -0.1) is 0 Å². The fraction of sp³-hybridized carbons (Fsp3) is 0.611. The Morgan fingerprint density at radius 2 is 2.14 bits per heavy atom. The van der Waals surface area contributed by atoms with E-state index in [0.717, 1.165) is 18.4 Å². The molecule has 4 nitrogen and oxygen atoms in total. The summed E-state index contributed by atoms with van der Waals surface area (Å²) in [6, 6.07) is 5.43. The Balaban J connectivity index is 2.46. The summed E-state index contributed by atoms with van der Waals surface area (Å²) in [7, 11) is 1.39. The van der Waals surface area contributed by atoms with Crippen molar-refractivity contribution in [1.29, 1.82) is 0 Å². The van der Waals surface area contributed by atoms with Gasteiger partial charge in [-0.25, -0.2) is 0 Å². The Kier molecular flexibility index (Phi) is 4.52. The lowest BCUT2D eigenvalue weighted by atomic mass is 9.58. The Labute approximate surface area is 132 Å². The zero-order valence-corrected chi connectivity index (χ0v) is 13.8. The molecule has 1 aromatic rings. The van der Waals surface area contributed by atoms with Crippen LogP contribution >= 0.6 is 0 Å². The van der Waals surface area contributed by atoms with Crippen LogP contribution in [0.4, 0.5) is 0 Å². The molecule has 0 fully saturated rings. The second-order valence-electron chi connectivity index (χ2n) is 7.08. The van der Waals surface area contributed by atoms with Crippen molar-refractivity contribution in [2.24, 2.45) is 5.92 Å². The normalized spacial score (nSPS) is 24.7. The molecular weight excluding hydrogens is 280 g/mol. The molecule has 0 aliphatic heterocycles. The summed E-state index contributed by atoms with van der Waals surface area (Å²) in [6.07, 6.45) is 2.62. The fourth-order valence-electron chi connectivity index (χ4n) is 4.03. The Bertz CT molecular complexity index is 559. The number of hydrogen-bond acceptors (Lipinski definition) is 4. The van der Waals surface area contributed by atoms with Crippen LogP contribution in [-0.4, -0.2) is 28.9 Å². The van der Waals surface area contributed by atoms with Crippen molar-refractivity contribution in [3.05, 3.63) is 29.3 Å². The highest BCUT2D eigenvalue weighted by Gasteiger charge is 2.46. The lowest BCUT2D eigenvalue weighted by Crippen LogP contribution is -2.48. The maximum Gasteiger partial charge on any atom is 0.305 e.